The summed E-state index contributed by atoms with van der Waals surface area (Å²) >= 11 is 0. The molecule has 4 bridgehead atoms. The molecule has 5 fully saturated rings. The van der Waals surface area contributed by atoms with Gasteiger partial charge in [-0.05, 0) is 93.6 Å². The Bertz CT molecular complexity index is 1220. The minimum atomic E-state index is -4.76. The fourth-order valence-corrected chi connectivity index (χ4v) is 9.51. The molecule has 2 aromatic rings. The summed E-state index contributed by atoms with van der Waals surface area (Å²) in [6, 6.07) is 8.81. The van der Waals surface area contributed by atoms with Crippen LogP contribution in [0, 0.1) is 23.7 Å². The molecule has 1 aromatic heterocycles. The number of fused-ring (bicyclic) bond motifs is 4. The largest absolute Gasteiger partial charge is 0.380 e. The molecule has 2 saturated heterocycles. The molecule has 0 amide bonds. The van der Waals surface area contributed by atoms with Crippen molar-refractivity contribution in [2.24, 2.45) is 23.7 Å². The Morgan fingerprint density at radius 3 is 2.35 bits per heavy atom. The van der Waals surface area contributed by atoms with Crippen LogP contribution in [0.3, 0.4) is 0 Å². The van der Waals surface area contributed by atoms with E-state index in [1.807, 2.05) is 12.1 Å². The quantitative estimate of drug-likeness (QED) is 0.648. The highest BCUT2D eigenvalue weighted by Crippen LogP contribution is 2.59. The number of hydrogen-bond donors (Lipinski definition) is 2. The van der Waals surface area contributed by atoms with E-state index in [1.165, 1.54) is 38.5 Å². The first kappa shape index (κ1) is 21.7. The maximum Gasteiger partial charge on any atom is 0.380 e. The van der Waals surface area contributed by atoms with Crippen molar-refractivity contribution in [1.82, 2.24) is 14.5 Å². The van der Waals surface area contributed by atoms with E-state index in [2.05, 4.69) is 9.88 Å². The van der Waals surface area contributed by atoms with Crippen LogP contribution in [0.2, 0.25) is 0 Å². The topological polar surface area (TPSA) is 95.7 Å². The van der Waals surface area contributed by atoms with Gasteiger partial charge in [-0.1, -0.05) is 18.6 Å². The third kappa shape index (κ3) is 3.31. The molecule has 3 heterocycles. The lowest BCUT2D eigenvalue weighted by Gasteiger charge is -2.54. The number of benzene rings is 1. The van der Waals surface area contributed by atoms with E-state index in [-0.39, 0.29) is 6.04 Å². The lowest BCUT2D eigenvalue weighted by atomic mass is 9.64. The van der Waals surface area contributed by atoms with Crippen LogP contribution in [-0.4, -0.2) is 42.4 Å². The van der Waals surface area contributed by atoms with Gasteiger partial charge in [-0.3, -0.25) is 14.3 Å². The SMILES string of the molecule is O=c1c(P(=O)(O)O)nc2ccccc2n1C1C[C@H]2CCC[C@@H](C1)N2[C@@H]1C[C@@H]2CC3[C@@H](C2)C[C@H]3C1. The molecule has 1 aromatic carbocycles. The number of para-hydroxylation sites is 2. The number of aromatic nitrogens is 2. The second-order valence-electron chi connectivity index (χ2n) is 11.8. The van der Waals surface area contributed by atoms with Crippen molar-refractivity contribution in [2.45, 2.75) is 88.4 Å². The average Bonchev–Trinajstić information content (AvgIpc) is 3.00. The first-order valence-electron chi connectivity index (χ1n) is 13.2. The molecule has 8 heteroatoms. The Morgan fingerprint density at radius 1 is 0.853 bits per heavy atom. The standard InChI is InChI=1S/C26H34N3O4P/c30-26-25(34(31,32)33)27-23-6-1-2-7-24(23)29(26)21-13-18-4-3-5-19(14-21)28(18)20-9-15-8-16-11-17(12-20)22(16)10-15/h1-2,6-7,15-22H,3-5,8-14H2,(H2,31,32,33)/t15-,16+,17+,18-,19+,20-,21?,22?/m1/s1. The fourth-order valence-electron chi connectivity index (χ4n) is 8.92. The van der Waals surface area contributed by atoms with Crippen molar-refractivity contribution in [3.63, 3.8) is 0 Å². The molecule has 7 rings (SSSR count). The van der Waals surface area contributed by atoms with E-state index in [9.17, 15) is 19.1 Å². The van der Waals surface area contributed by atoms with E-state index >= 15 is 0 Å². The van der Waals surface area contributed by atoms with Crippen molar-refractivity contribution in [3.05, 3.63) is 34.6 Å². The molecular weight excluding hydrogens is 449 g/mol. The highest BCUT2D eigenvalue weighted by atomic mass is 31.2. The van der Waals surface area contributed by atoms with Gasteiger partial charge in [0, 0.05) is 24.2 Å². The Morgan fingerprint density at radius 2 is 1.59 bits per heavy atom. The Hall–Kier alpha value is -1.53. The average molecular weight is 484 g/mol. The molecule has 0 spiro atoms. The van der Waals surface area contributed by atoms with Crippen molar-refractivity contribution in [1.29, 1.82) is 0 Å². The second-order valence-corrected chi connectivity index (χ2v) is 13.3. The summed E-state index contributed by atoms with van der Waals surface area (Å²) < 4.78 is 13.8. The first-order chi connectivity index (χ1) is 16.4. The van der Waals surface area contributed by atoms with E-state index < -0.39 is 18.6 Å². The summed E-state index contributed by atoms with van der Waals surface area (Å²) in [5, 5.41) is 0. The summed E-state index contributed by atoms with van der Waals surface area (Å²) in [6.45, 7) is 0. The van der Waals surface area contributed by atoms with Gasteiger partial charge in [-0.25, -0.2) is 4.98 Å². The summed E-state index contributed by atoms with van der Waals surface area (Å²) in [5.74, 6) is 3.86. The molecule has 2 aliphatic heterocycles. The van der Waals surface area contributed by atoms with Gasteiger partial charge in [0.05, 0.1) is 11.0 Å². The van der Waals surface area contributed by atoms with E-state index in [0.29, 0.717) is 29.2 Å². The highest BCUT2D eigenvalue weighted by molar-refractivity contribution is 7.59. The second kappa shape index (κ2) is 7.73. The highest BCUT2D eigenvalue weighted by Gasteiger charge is 2.53. The number of rotatable bonds is 3. The van der Waals surface area contributed by atoms with Crippen molar-refractivity contribution < 1.29 is 14.4 Å². The zero-order valence-corrected chi connectivity index (χ0v) is 20.4. The maximum atomic E-state index is 13.4. The number of piperidine rings is 2. The van der Waals surface area contributed by atoms with Crippen molar-refractivity contribution in [2.75, 3.05) is 0 Å². The van der Waals surface area contributed by atoms with Crippen LogP contribution in [0.25, 0.3) is 11.0 Å². The van der Waals surface area contributed by atoms with E-state index in [4.69, 9.17) is 0 Å². The van der Waals surface area contributed by atoms with Crippen LogP contribution in [0.1, 0.15) is 70.3 Å². The van der Waals surface area contributed by atoms with Gasteiger partial charge >= 0.3 is 7.60 Å². The zero-order valence-electron chi connectivity index (χ0n) is 19.5. The van der Waals surface area contributed by atoms with Gasteiger partial charge in [0.25, 0.3) is 5.56 Å². The number of nitrogens with zero attached hydrogens (tertiary/aromatic N) is 3. The van der Waals surface area contributed by atoms with Gasteiger partial charge in [-0.15, -0.1) is 0 Å². The molecule has 7 nitrogen and oxygen atoms in total. The van der Waals surface area contributed by atoms with Crippen LogP contribution in [0.5, 0.6) is 0 Å². The van der Waals surface area contributed by atoms with Crippen LogP contribution >= 0.6 is 7.60 Å². The van der Waals surface area contributed by atoms with Crippen molar-refractivity contribution in [3.8, 4) is 0 Å². The molecule has 8 atom stereocenters. The smallest absolute Gasteiger partial charge is 0.320 e. The first-order valence-corrected chi connectivity index (χ1v) is 14.8. The Labute approximate surface area is 199 Å². The van der Waals surface area contributed by atoms with Gasteiger partial charge in [0.15, 0.2) is 0 Å². The summed E-state index contributed by atoms with van der Waals surface area (Å²) in [5.41, 5.74) is -0.0604. The van der Waals surface area contributed by atoms with Crippen molar-refractivity contribution >= 4 is 24.1 Å². The third-order valence-electron chi connectivity index (χ3n) is 10.1. The predicted molar refractivity (Wildman–Crippen MR) is 130 cm³/mol. The van der Waals surface area contributed by atoms with Gasteiger partial charge in [0.1, 0.15) is 0 Å². The minimum Gasteiger partial charge on any atom is -0.320 e. The maximum absolute atomic E-state index is 13.4. The Balaban J connectivity index is 1.24. The van der Waals surface area contributed by atoms with Gasteiger partial charge in [0.2, 0.25) is 5.44 Å². The van der Waals surface area contributed by atoms with Gasteiger partial charge in [-0.2, -0.15) is 0 Å². The molecule has 5 aliphatic rings. The molecule has 2 N–H and O–H groups in total. The summed E-state index contributed by atoms with van der Waals surface area (Å²) in [7, 11) is -4.76. The molecule has 2 unspecified atom stereocenters. The van der Waals surface area contributed by atoms with E-state index in [0.717, 1.165) is 49.4 Å². The minimum absolute atomic E-state index is 0.0486. The lowest BCUT2D eigenvalue weighted by Crippen LogP contribution is -2.58. The number of hydrogen-bond acceptors (Lipinski definition) is 4. The Kier molecular flexibility index (Phi) is 4.94. The lowest BCUT2D eigenvalue weighted by molar-refractivity contribution is -0.0437. The normalized spacial score (nSPS) is 39.6. The molecule has 0 radical (unpaired) electrons. The van der Waals surface area contributed by atoms with Crippen LogP contribution in [0.15, 0.2) is 29.1 Å². The molecular formula is C26H34N3O4P. The van der Waals surface area contributed by atoms with Gasteiger partial charge < -0.3 is 14.4 Å². The molecule has 3 aliphatic carbocycles. The summed E-state index contributed by atoms with van der Waals surface area (Å²) in [4.78, 5) is 40.1. The van der Waals surface area contributed by atoms with Crippen LogP contribution in [0.4, 0.5) is 0 Å². The van der Waals surface area contributed by atoms with Crippen LogP contribution in [-0.2, 0) is 4.57 Å². The van der Waals surface area contributed by atoms with Crippen LogP contribution < -0.4 is 11.0 Å². The molecule has 182 valence electrons. The third-order valence-corrected chi connectivity index (χ3v) is 10.9. The summed E-state index contributed by atoms with van der Waals surface area (Å²) in [6.07, 6.45) is 12.4. The zero-order chi connectivity index (χ0) is 23.2. The monoisotopic (exact) mass is 483 g/mol. The molecule has 34 heavy (non-hydrogen) atoms. The fraction of sp³-hybridized carbons (Fsp3) is 0.692. The van der Waals surface area contributed by atoms with E-state index in [1.54, 1.807) is 16.7 Å². The predicted octanol–water partition coefficient (Wildman–Crippen LogP) is 3.58. The molecule has 3 saturated carbocycles.